The summed E-state index contributed by atoms with van der Waals surface area (Å²) in [6.45, 7) is 7.12. The summed E-state index contributed by atoms with van der Waals surface area (Å²) >= 11 is 0. The predicted octanol–water partition coefficient (Wildman–Crippen LogP) is 2.20. The Balaban J connectivity index is 1.27. The number of aliphatic hydroxyl groups is 1. The van der Waals surface area contributed by atoms with Crippen LogP contribution < -0.4 is 4.74 Å². The van der Waals surface area contributed by atoms with Gasteiger partial charge in [-0.1, -0.05) is 42.5 Å². The van der Waals surface area contributed by atoms with Gasteiger partial charge in [0.1, 0.15) is 5.75 Å². The number of rotatable bonds is 5. The molecule has 2 aromatic rings. The predicted molar refractivity (Wildman–Crippen MR) is 114 cm³/mol. The quantitative estimate of drug-likeness (QED) is 0.843. The average Bonchev–Trinajstić information content (AvgIpc) is 3.09. The van der Waals surface area contributed by atoms with Gasteiger partial charge < -0.3 is 9.84 Å². The van der Waals surface area contributed by atoms with Crippen LogP contribution in [0.4, 0.5) is 0 Å². The standard InChI is InChI=1S/C24H31N3O2/c1-29-23-9-7-20(8-10-23)13-26-17-24(18-26)16-25(12-19-5-3-2-4-6-19)14-21-11-22(28)15-27(21)24/h2-10,21-22,28H,11-18H2,1H3/t21-,22-/m1/s1. The van der Waals surface area contributed by atoms with Gasteiger partial charge >= 0.3 is 0 Å². The fraction of sp³-hybridized carbons (Fsp3) is 0.500. The minimum Gasteiger partial charge on any atom is -0.497 e. The van der Waals surface area contributed by atoms with Crippen LogP contribution in [-0.2, 0) is 13.1 Å². The van der Waals surface area contributed by atoms with Crippen LogP contribution in [0.2, 0.25) is 0 Å². The summed E-state index contributed by atoms with van der Waals surface area (Å²) in [6, 6.07) is 19.7. The summed E-state index contributed by atoms with van der Waals surface area (Å²) in [5.74, 6) is 0.909. The van der Waals surface area contributed by atoms with E-state index in [2.05, 4.69) is 57.2 Å². The summed E-state index contributed by atoms with van der Waals surface area (Å²) in [5.41, 5.74) is 2.89. The Labute approximate surface area is 173 Å². The van der Waals surface area contributed by atoms with Crippen LogP contribution >= 0.6 is 0 Å². The lowest BCUT2D eigenvalue weighted by molar-refractivity contribution is -0.118. The van der Waals surface area contributed by atoms with Crippen molar-refractivity contribution in [2.75, 3.05) is 39.8 Å². The van der Waals surface area contributed by atoms with Crippen molar-refractivity contribution in [2.45, 2.75) is 37.2 Å². The highest BCUT2D eigenvalue weighted by Gasteiger charge is 2.55. The molecule has 154 valence electrons. The number of methoxy groups -OCH3 is 1. The molecular formula is C24H31N3O2. The van der Waals surface area contributed by atoms with E-state index in [0.29, 0.717) is 6.04 Å². The van der Waals surface area contributed by atoms with Crippen molar-refractivity contribution in [3.05, 3.63) is 65.7 Å². The smallest absolute Gasteiger partial charge is 0.118 e. The van der Waals surface area contributed by atoms with Crippen molar-refractivity contribution in [1.29, 1.82) is 0 Å². The molecule has 1 N–H and O–H groups in total. The van der Waals surface area contributed by atoms with E-state index >= 15 is 0 Å². The molecule has 0 aromatic heterocycles. The van der Waals surface area contributed by atoms with E-state index in [9.17, 15) is 5.11 Å². The molecule has 5 heteroatoms. The molecule has 0 bridgehead atoms. The summed E-state index contributed by atoms with van der Waals surface area (Å²) in [4.78, 5) is 7.78. The zero-order valence-corrected chi connectivity index (χ0v) is 17.2. The molecule has 0 saturated carbocycles. The first-order valence-electron chi connectivity index (χ1n) is 10.7. The molecule has 0 radical (unpaired) electrons. The lowest BCUT2D eigenvalue weighted by atomic mass is 9.83. The van der Waals surface area contributed by atoms with Gasteiger partial charge in [0.2, 0.25) is 0 Å². The van der Waals surface area contributed by atoms with Crippen LogP contribution in [0, 0.1) is 0 Å². The van der Waals surface area contributed by atoms with Crippen molar-refractivity contribution in [3.8, 4) is 5.75 Å². The number of ether oxygens (including phenoxy) is 1. The Morgan fingerprint density at radius 1 is 0.897 bits per heavy atom. The molecule has 1 spiro atoms. The third kappa shape index (κ3) is 3.80. The molecule has 0 aliphatic carbocycles. The zero-order valence-electron chi connectivity index (χ0n) is 17.2. The fourth-order valence-corrected chi connectivity index (χ4v) is 5.65. The molecule has 3 saturated heterocycles. The Morgan fingerprint density at radius 3 is 2.28 bits per heavy atom. The van der Waals surface area contributed by atoms with Crippen LogP contribution in [0.5, 0.6) is 5.75 Å². The normalized spacial score (nSPS) is 27.0. The van der Waals surface area contributed by atoms with E-state index < -0.39 is 0 Å². The summed E-state index contributed by atoms with van der Waals surface area (Å²) < 4.78 is 5.27. The molecule has 2 atom stereocenters. The van der Waals surface area contributed by atoms with E-state index in [1.807, 2.05) is 12.1 Å². The largest absolute Gasteiger partial charge is 0.497 e. The van der Waals surface area contributed by atoms with Gasteiger partial charge in [-0.25, -0.2) is 0 Å². The second-order valence-electron chi connectivity index (χ2n) is 9.07. The van der Waals surface area contributed by atoms with E-state index in [-0.39, 0.29) is 11.6 Å². The Morgan fingerprint density at radius 2 is 1.55 bits per heavy atom. The minimum absolute atomic E-state index is 0.177. The Kier molecular flexibility index (Phi) is 5.08. The summed E-state index contributed by atoms with van der Waals surface area (Å²) in [6.07, 6.45) is 0.732. The van der Waals surface area contributed by atoms with Gasteiger partial charge in [-0.2, -0.15) is 0 Å². The van der Waals surface area contributed by atoms with Crippen molar-refractivity contribution in [3.63, 3.8) is 0 Å². The Hall–Kier alpha value is -1.92. The van der Waals surface area contributed by atoms with Crippen molar-refractivity contribution in [2.24, 2.45) is 0 Å². The molecule has 5 nitrogen and oxygen atoms in total. The number of hydrogen-bond donors (Lipinski definition) is 1. The van der Waals surface area contributed by atoms with Gasteiger partial charge in [0.15, 0.2) is 0 Å². The van der Waals surface area contributed by atoms with Crippen molar-refractivity contribution in [1.82, 2.24) is 14.7 Å². The molecule has 3 aliphatic heterocycles. The van der Waals surface area contributed by atoms with Crippen LogP contribution in [0.1, 0.15) is 17.5 Å². The highest BCUT2D eigenvalue weighted by molar-refractivity contribution is 5.28. The molecular weight excluding hydrogens is 362 g/mol. The number of β-amino-alcohol motifs (C(OH)–C–C–N with tert-alkyl or cyclic N) is 1. The van der Waals surface area contributed by atoms with E-state index in [4.69, 9.17) is 4.74 Å². The van der Waals surface area contributed by atoms with Crippen LogP contribution in [0.15, 0.2) is 54.6 Å². The molecule has 3 heterocycles. The maximum atomic E-state index is 10.4. The maximum absolute atomic E-state index is 10.4. The van der Waals surface area contributed by atoms with Gasteiger partial charge in [-0.3, -0.25) is 14.7 Å². The Bertz CT molecular complexity index is 820. The molecule has 3 fully saturated rings. The molecule has 5 rings (SSSR count). The number of fused-ring (bicyclic) bond motifs is 2. The number of likely N-dealkylation sites (tertiary alicyclic amines) is 1. The van der Waals surface area contributed by atoms with E-state index in [0.717, 1.165) is 58.0 Å². The highest BCUT2D eigenvalue weighted by atomic mass is 16.5. The highest BCUT2D eigenvalue weighted by Crippen LogP contribution is 2.39. The summed E-state index contributed by atoms with van der Waals surface area (Å²) in [5, 5.41) is 10.4. The first-order chi connectivity index (χ1) is 14.1. The molecule has 0 unspecified atom stereocenters. The fourth-order valence-electron chi connectivity index (χ4n) is 5.65. The first-order valence-corrected chi connectivity index (χ1v) is 10.7. The monoisotopic (exact) mass is 393 g/mol. The van der Waals surface area contributed by atoms with Crippen LogP contribution in [0.25, 0.3) is 0 Å². The lowest BCUT2D eigenvalue weighted by Gasteiger charge is -2.61. The number of benzene rings is 2. The van der Waals surface area contributed by atoms with Crippen LogP contribution in [0.3, 0.4) is 0 Å². The van der Waals surface area contributed by atoms with Gasteiger partial charge in [0.25, 0.3) is 0 Å². The third-order valence-corrected chi connectivity index (χ3v) is 6.84. The summed E-state index contributed by atoms with van der Waals surface area (Å²) in [7, 11) is 1.71. The van der Waals surface area contributed by atoms with E-state index in [1.165, 1.54) is 11.1 Å². The number of nitrogens with zero attached hydrogens (tertiary/aromatic N) is 3. The lowest BCUT2D eigenvalue weighted by Crippen LogP contribution is -2.77. The van der Waals surface area contributed by atoms with Gasteiger partial charge in [-0.05, 0) is 29.7 Å². The van der Waals surface area contributed by atoms with E-state index in [1.54, 1.807) is 7.11 Å². The van der Waals surface area contributed by atoms with Crippen molar-refractivity contribution < 1.29 is 9.84 Å². The minimum atomic E-state index is -0.177. The second kappa shape index (κ2) is 7.73. The average molecular weight is 394 g/mol. The van der Waals surface area contributed by atoms with Gasteiger partial charge in [-0.15, -0.1) is 0 Å². The molecule has 3 aliphatic rings. The van der Waals surface area contributed by atoms with Crippen molar-refractivity contribution >= 4 is 0 Å². The topological polar surface area (TPSA) is 39.2 Å². The zero-order chi connectivity index (χ0) is 19.8. The maximum Gasteiger partial charge on any atom is 0.118 e. The second-order valence-corrected chi connectivity index (χ2v) is 9.07. The first kappa shape index (κ1) is 19.1. The molecule has 29 heavy (non-hydrogen) atoms. The van der Waals surface area contributed by atoms with Gasteiger partial charge in [0.05, 0.1) is 18.8 Å². The number of hydrogen-bond acceptors (Lipinski definition) is 5. The van der Waals surface area contributed by atoms with Gasteiger partial charge in [0, 0.05) is 51.9 Å². The SMILES string of the molecule is COc1ccc(CN2CC3(CN(Cc4ccccc4)C[C@H]4C[C@@H](O)CN43)C2)cc1. The third-order valence-electron chi connectivity index (χ3n) is 6.84. The molecule has 0 amide bonds. The van der Waals surface area contributed by atoms with Crippen LogP contribution in [-0.4, -0.2) is 77.3 Å². The molecule has 2 aromatic carbocycles. The number of piperazine rings is 1. The number of aliphatic hydroxyl groups excluding tert-OH is 1.